The van der Waals surface area contributed by atoms with Crippen molar-refractivity contribution in [3.8, 4) is 5.75 Å². The van der Waals surface area contributed by atoms with E-state index in [2.05, 4.69) is 10.3 Å². The molecule has 1 aliphatic rings. The van der Waals surface area contributed by atoms with Crippen LogP contribution in [0.2, 0.25) is 0 Å². The number of nitrogens with zero attached hydrogens (tertiary/aromatic N) is 2. The molecule has 2 rings (SSSR count). The third-order valence-corrected chi connectivity index (χ3v) is 3.17. The maximum atomic E-state index is 12.0. The van der Waals surface area contributed by atoms with E-state index < -0.39 is 11.9 Å². The number of carbonyl (C=O) groups is 2. The van der Waals surface area contributed by atoms with Gasteiger partial charge in [0.05, 0.1) is 0 Å². The van der Waals surface area contributed by atoms with Crippen LogP contribution < -0.4 is 5.32 Å². The van der Waals surface area contributed by atoms with Crippen molar-refractivity contribution in [3.63, 3.8) is 0 Å². The van der Waals surface area contributed by atoms with E-state index in [1.807, 2.05) is 13.8 Å². The van der Waals surface area contributed by atoms with Crippen molar-refractivity contribution in [1.29, 1.82) is 0 Å². The SMILES string of the molecule is CC(C)N1CCC(NC(=O)c2ncccc2O)C1=O. The van der Waals surface area contributed by atoms with Crippen LogP contribution in [0.4, 0.5) is 0 Å². The number of nitrogens with one attached hydrogen (secondary N) is 1. The first kappa shape index (κ1) is 13.3. The summed E-state index contributed by atoms with van der Waals surface area (Å²) in [5.74, 6) is -0.799. The number of amides is 2. The Bertz CT molecular complexity index is 502. The zero-order chi connectivity index (χ0) is 14.0. The third-order valence-electron chi connectivity index (χ3n) is 3.17. The molecular weight excluding hydrogens is 246 g/mol. The summed E-state index contributed by atoms with van der Waals surface area (Å²) in [5, 5.41) is 12.2. The Kier molecular flexibility index (Phi) is 3.69. The predicted octanol–water partition coefficient (Wildman–Crippen LogP) is 0.526. The minimum Gasteiger partial charge on any atom is -0.505 e. The van der Waals surface area contributed by atoms with E-state index in [1.54, 1.807) is 4.90 Å². The van der Waals surface area contributed by atoms with Gasteiger partial charge in [-0.15, -0.1) is 0 Å². The zero-order valence-electron chi connectivity index (χ0n) is 11.0. The summed E-state index contributed by atoms with van der Waals surface area (Å²) in [6.07, 6.45) is 2.00. The highest BCUT2D eigenvalue weighted by Crippen LogP contribution is 2.17. The van der Waals surface area contributed by atoms with E-state index in [0.29, 0.717) is 13.0 Å². The van der Waals surface area contributed by atoms with Gasteiger partial charge in [-0.05, 0) is 32.4 Å². The highest BCUT2D eigenvalue weighted by Gasteiger charge is 2.34. The molecule has 6 nitrogen and oxygen atoms in total. The highest BCUT2D eigenvalue weighted by molar-refractivity contribution is 5.98. The van der Waals surface area contributed by atoms with Gasteiger partial charge in [0.25, 0.3) is 5.91 Å². The molecule has 19 heavy (non-hydrogen) atoms. The van der Waals surface area contributed by atoms with Crippen molar-refractivity contribution < 1.29 is 14.7 Å². The number of aromatic nitrogens is 1. The molecule has 2 N–H and O–H groups in total. The van der Waals surface area contributed by atoms with Gasteiger partial charge in [0, 0.05) is 18.8 Å². The van der Waals surface area contributed by atoms with Crippen LogP contribution in [-0.4, -0.2) is 45.4 Å². The number of pyridine rings is 1. The van der Waals surface area contributed by atoms with Crippen LogP contribution >= 0.6 is 0 Å². The molecule has 0 aliphatic carbocycles. The zero-order valence-corrected chi connectivity index (χ0v) is 11.0. The van der Waals surface area contributed by atoms with Gasteiger partial charge >= 0.3 is 0 Å². The molecule has 1 unspecified atom stereocenters. The quantitative estimate of drug-likeness (QED) is 0.833. The smallest absolute Gasteiger partial charge is 0.274 e. The van der Waals surface area contributed by atoms with Crippen molar-refractivity contribution in [1.82, 2.24) is 15.2 Å². The second-order valence-corrected chi connectivity index (χ2v) is 4.81. The second-order valence-electron chi connectivity index (χ2n) is 4.81. The van der Waals surface area contributed by atoms with Gasteiger partial charge in [0.2, 0.25) is 5.91 Å². The molecule has 0 spiro atoms. The molecule has 102 valence electrons. The Morgan fingerprint density at radius 2 is 2.32 bits per heavy atom. The van der Waals surface area contributed by atoms with E-state index >= 15 is 0 Å². The van der Waals surface area contributed by atoms with Crippen LogP contribution in [0.3, 0.4) is 0 Å². The van der Waals surface area contributed by atoms with Gasteiger partial charge in [-0.1, -0.05) is 0 Å². The largest absolute Gasteiger partial charge is 0.505 e. The van der Waals surface area contributed by atoms with Crippen molar-refractivity contribution in [2.24, 2.45) is 0 Å². The second kappa shape index (κ2) is 5.26. The monoisotopic (exact) mass is 263 g/mol. The Morgan fingerprint density at radius 3 is 2.89 bits per heavy atom. The van der Waals surface area contributed by atoms with Crippen molar-refractivity contribution in [2.75, 3.05) is 6.54 Å². The fraction of sp³-hybridized carbons (Fsp3) is 0.462. The Balaban J connectivity index is 2.05. The Morgan fingerprint density at radius 1 is 1.58 bits per heavy atom. The van der Waals surface area contributed by atoms with Gasteiger partial charge < -0.3 is 15.3 Å². The average molecular weight is 263 g/mol. The van der Waals surface area contributed by atoms with Crippen LogP contribution in [0.5, 0.6) is 5.75 Å². The lowest BCUT2D eigenvalue weighted by Gasteiger charge is -2.21. The molecule has 0 bridgehead atoms. The molecular formula is C13H17N3O3. The summed E-state index contributed by atoms with van der Waals surface area (Å²) in [5.41, 5.74) is -0.0571. The summed E-state index contributed by atoms with van der Waals surface area (Å²) in [6, 6.07) is 2.51. The molecule has 0 saturated carbocycles. The minimum atomic E-state index is -0.531. The standard InChI is InChI=1S/C13H17N3O3/c1-8(2)16-7-5-9(13(16)19)15-12(18)11-10(17)4-3-6-14-11/h3-4,6,8-9,17H,5,7H2,1-2H3,(H,15,18). The molecule has 1 aromatic rings. The number of rotatable bonds is 3. The molecule has 6 heteroatoms. The van der Waals surface area contributed by atoms with Crippen molar-refractivity contribution >= 4 is 11.8 Å². The molecule has 0 radical (unpaired) electrons. The number of likely N-dealkylation sites (tertiary alicyclic amines) is 1. The molecule has 1 atom stereocenters. The van der Waals surface area contributed by atoms with Crippen molar-refractivity contribution in [2.45, 2.75) is 32.4 Å². The molecule has 1 aliphatic heterocycles. The van der Waals surface area contributed by atoms with Crippen LogP contribution in [0.15, 0.2) is 18.3 Å². The van der Waals surface area contributed by atoms with Crippen LogP contribution in [0.1, 0.15) is 30.8 Å². The third kappa shape index (κ3) is 2.67. The maximum absolute atomic E-state index is 12.0. The lowest BCUT2D eigenvalue weighted by molar-refractivity contribution is -0.130. The van der Waals surface area contributed by atoms with E-state index in [0.717, 1.165) is 0 Å². The molecule has 2 heterocycles. The van der Waals surface area contributed by atoms with Gasteiger partial charge in [0.15, 0.2) is 5.69 Å². The van der Waals surface area contributed by atoms with Crippen LogP contribution in [0, 0.1) is 0 Å². The normalized spacial score (nSPS) is 19.0. The van der Waals surface area contributed by atoms with E-state index in [4.69, 9.17) is 0 Å². The van der Waals surface area contributed by atoms with Gasteiger partial charge in [-0.2, -0.15) is 0 Å². The molecule has 1 saturated heterocycles. The summed E-state index contributed by atoms with van der Waals surface area (Å²) in [7, 11) is 0. The summed E-state index contributed by atoms with van der Waals surface area (Å²) >= 11 is 0. The molecule has 0 aromatic carbocycles. The first-order valence-corrected chi connectivity index (χ1v) is 6.26. The lowest BCUT2D eigenvalue weighted by atomic mass is 10.2. The Hall–Kier alpha value is -2.11. The van der Waals surface area contributed by atoms with Crippen LogP contribution in [0.25, 0.3) is 0 Å². The summed E-state index contributed by atoms with van der Waals surface area (Å²) in [4.78, 5) is 29.5. The molecule has 2 amide bonds. The Labute approximate surface area is 111 Å². The summed E-state index contributed by atoms with van der Waals surface area (Å²) in [6.45, 7) is 4.51. The summed E-state index contributed by atoms with van der Waals surface area (Å²) < 4.78 is 0. The fourth-order valence-electron chi connectivity index (χ4n) is 2.15. The predicted molar refractivity (Wildman–Crippen MR) is 68.6 cm³/mol. The first-order valence-electron chi connectivity index (χ1n) is 6.26. The first-order chi connectivity index (χ1) is 9.00. The molecule has 1 fully saturated rings. The fourth-order valence-corrected chi connectivity index (χ4v) is 2.15. The number of aromatic hydroxyl groups is 1. The maximum Gasteiger partial charge on any atom is 0.274 e. The highest BCUT2D eigenvalue weighted by atomic mass is 16.3. The molecule has 1 aromatic heterocycles. The van der Waals surface area contributed by atoms with Gasteiger partial charge in [0.1, 0.15) is 11.8 Å². The topological polar surface area (TPSA) is 82.5 Å². The lowest BCUT2D eigenvalue weighted by Crippen LogP contribution is -2.43. The number of hydrogen-bond acceptors (Lipinski definition) is 4. The van der Waals surface area contributed by atoms with Gasteiger partial charge in [-0.25, -0.2) is 4.98 Å². The van der Waals surface area contributed by atoms with E-state index in [-0.39, 0.29) is 23.4 Å². The van der Waals surface area contributed by atoms with Crippen LogP contribution in [-0.2, 0) is 4.79 Å². The number of carbonyl (C=O) groups excluding carboxylic acids is 2. The minimum absolute atomic E-state index is 0.0571. The number of hydrogen-bond donors (Lipinski definition) is 2. The average Bonchev–Trinajstić information content (AvgIpc) is 2.71. The van der Waals surface area contributed by atoms with E-state index in [9.17, 15) is 14.7 Å². The van der Waals surface area contributed by atoms with Crippen molar-refractivity contribution in [3.05, 3.63) is 24.0 Å². The van der Waals surface area contributed by atoms with Gasteiger partial charge in [-0.3, -0.25) is 9.59 Å². The van der Waals surface area contributed by atoms with E-state index in [1.165, 1.54) is 18.3 Å².